The number of rotatable bonds is 4. The average molecular weight is 223 g/mol. The first-order valence-electron chi connectivity index (χ1n) is 5.16. The minimum Gasteiger partial charge on any atom is -0.508 e. The lowest BCUT2D eigenvalue weighted by Gasteiger charge is -2.13. The molecule has 0 saturated carbocycles. The van der Waals surface area contributed by atoms with Gasteiger partial charge in [-0.1, -0.05) is 17.7 Å². The number of hydrogen-bond acceptors (Lipinski definition) is 4. The molecule has 0 saturated heterocycles. The van der Waals surface area contributed by atoms with E-state index in [-0.39, 0.29) is 24.2 Å². The van der Waals surface area contributed by atoms with Crippen molar-refractivity contribution in [2.24, 2.45) is 5.73 Å². The van der Waals surface area contributed by atoms with Gasteiger partial charge in [0.05, 0.1) is 7.11 Å². The molecule has 0 radical (unpaired) electrons. The first kappa shape index (κ1) is 12.5. The van der Waals surface area contributed by atoms with Gasteiger partial charge in [-0.3, -0.25) is 4.79 Å². The summed E-state index contributed by atoms with van der Waals surface area (Å²) in [6.07, 6.45) is 0.717. The first-order valence-corrected chi connectivity index (χ1v) is 5.16. The van der Waals surface area contributed by atoms with Gasteiger partial charge in [-0.15, -0.1) is 0 Å². The second kappa shape index (κ2) is 5.51. The minimum absolute atomic E-state index is 0.169. The molecule has 0 aliphatic heterocycles. The second-order valence-corrected chi connectivity index (χ2v) is 3.78. The molecular formula is C12H17NO3. The van der Waals surface area contributed by atoms with Crippen LogP contribution in [0.15, 0.2) is 18.2 Å². The Hall–Kier alpha value is -1.55. The van der Waals surface area contributed by atoms with Gasteiger partial charge >= 0.3 is 5.97 Å². The Morgan fingerprint density at radius 3 is 2.88 bits per heavy atom. The van der Waals surface area contributed by atoms with Gasteiger partial charge < -0.3 is 15.6 Å². The number of carbonyl (C=O) groups excluding carboxylic acids is 1. The molecule has 4 heteroatoms. The molecule has 1 rings (SSSR count). The van der Waals surface area contributed by atoms with Crippen molar-refractivity contribution in [1.29, 1.82) is 0 Å². The zero-order valence-corrected chi connectivity index (χ0v) is 9.56. The second-order valence-electron chi connectivity index (χ2n) is 3.78. The number of nitrogens with two attached hydrogens (primary N) is 1. The van der Waals surface area contributed by atoms with Gasteiger partial charge in [0.15, 0.2) is 0 Å². The van der Waals surface area contributed by atoms with Crippen LogP contribution in [-0.4, -0.2) is 18.2 Å². The monoisotopic (exact) mass is 223 g/mol. The predicted molar refractivity (Wildman–Crippen MR) is 61.0 cm³/mol. The molecule has 3 N–H and O–H groups in total. The Morgan fingerprint density at radius 1 is 1.56 bits per heavy atom. The highest BCUT2D eigenvalue weighted by Crippen LogP contribution is 2.26. The van der Waals surface area contributed by atoms with Crippen molar-refractivity contribution in [2.45, 2.75) is 25.8 Å². The van der Waals surface area contributed by atoms with Crippen molar-refractivity contribution < 1.29 is 14.6 Å². The van der Waals surface area contributed by atoms with Crippen LogP contribution in [0.2, 0.25) is 0 Å². The molecule has 1 aromatic carbocycles. The van der Waals surface area contributed by atoms with Crippen molar-refractivity contribution >= 4 is 5.97 Å². The Balaban J connectivity index is 2.68. The van der Waals surface area contributed by atoms with Gasteiger partial charge in [-0.25, -0.2) is 0 Å². The molecule has 1 atom stereocenters. The smallest absolute Gasteiger partial charge is 0.305 e. The van der Waals surface area contributed by atoms with Crippen LogP contribution < -0.4 is 5.73 Å². The Morgan fingerprint density at radius 2 is 2.25 bits per heavy atom. The van der Waals surface area contributed by atoms with E-state index in [9.17, 15) is 9.90 Å². The van der Waals surface area contributed by atoms with Crippen molar-refractivity contribution in [3.63, 3.8) is 0 Å². The number of ether oxygens (including phenoxy) is 1. The quantitative estimate of drug-likeness (QED) is 0.761. The van der Waals surface area contributed by atoms with Gasteiger partial charge in [0.25, 0.3) is 0 Å². The zero-order valence-electron chi connectivity index (χ0n) is 9.56. The summed E-state index contributed by atoms with van der Waals surface area (Å²) < 4.78 is 4.53. The molecule has 0 amide bonds. The summed E-state index contributed by atoms with van der Waals surface area (Å²) in [6, 6.07) is 4.91. The molecule has 0 spiro atoms. The molecule has 0 aliphatic rings. The number of carbonyl (C=O) groups is 1. The molecule has 1 aromatic rings. The number of aromatic hydroxyl groups is 1. The third kappa shape index (κ3) is 3.24. The topological polar surface area (TPSA) is 72.5 Å². The van der Waals surface area contributed by atoms with Crippen LogP contribution in [0.1, 0.15) is 30.0 Å². The van der Waals surface area contributed by atoms with Crippen molar-refractivity contribution in [2.75, 3.05) is 7.11 Å². The largest absolute Gasteiger partial charge is 0.508 e. The number of hydrogen-bond donors (Lipinski definition) is 2. The van der Waals surface area contributed by atoms with Crippen LogP contribution in [0.25, 0.3) is 0 Å². The van der Waals surface area contributed by atoms with Gasteiger partial charge in [0.1, 0.15) is 5.75 Å². The summed E-state index contributed by atoms with van der Waals surface area (Å²) in [5.74, 6) is -0.120. The van der Waals surface area contributed by atoms with E-state index in [1.54, 1.807) is 6.07 Å². The van der Waals surface area contributed by atoms with Crippen molar-refractivity contribution in [3.8, 4) is 5.75 Å². The van der Waals surface area contributed by atoms with Gasteiger partial charge in [0.2, 0.25) is 0 Å². The molecule has 0 heterocycles. The lowest BCUT2D eigenvalue weighted by molar-refractivity contribution is -0.140. The third-order valence-corrected chi connectivity index (χ3v) is 2.47. The fourth-order valence-corrected chi connectivity index (χ4v) is 1.50. The normalized spacial score (nSPS) is 12.2. The highest BCUT2D eigenvalue weighted by Gasteiger charge is 2.13. The number of methoxy groups -OCH3 is 1. The van der Waals surface area contributed by atoms with E-state index in [1.807, 2.05) is 19.1 Å². The Labute approximate surface area is 95.0 Å². The molecule has 0 aliphatic carbocycles. The van der Waals surface area contributed by atoms with Crippen LogP contribution in [0.5, 0.6) is 5.75 Å². The van der Waals surface area contributed by atoms with E-state index in [2.05, 4.69) is 4.74 Å². The molecule has 88 valence electrons. The van der Waals surface area contributed by atoms with Crippen LogP contribution in [0.4, 0.5) is 0 Å². The van der Waals surface area contributed by atoms with E-state index in [0.29, 0.717) is 12.0 Å². The average Bonchev–Trinajstić information content (AvgIpc) is 2.28. The number of esters is 1. The number of aryl methyl sites for hydroxylation is 1. The molecule has 0 fully saturated rings. The number of phenols is 1. The molecule has 4 nitrogen and oxygen atoms in total. The fraction of sp³-hybridized carbons (Fsp3) is 0.417. The van der Waals surface area contributed by atoms with E-state index < -0.39 is 0 Å². The van der Waals surface area contributed by atoms with Gasteiger partial charge in [0, 0.05) is 18.0 Å². The first-order chi connectivity index (χ1) is 7.54. The fourth-order valence-electron chi connectivity index (χ4n) is 1.50. The molecular weight excluding hydrogens is 206 g/mol. The summed E-state index contributed by atoms with van der Waals surface area (Å²) in [6.45, 7) is 1.93. The summed E-state index contributed by atoms with van der Waals surface area (Å²) >= 11 is 0. The Kier molecular flexibility index (Phi) is 4.31. The van der Waals surface area contributed by atoms with Crippen LogP contribution in [0, 0.1) is 6.92 Å². The molecule has 0 bridgehead atoms. The van der Waals surface area contributed by atoms with Gasteiger partial charge in [-0.2, -0.15) is 0 Å². The van der Waals surface area contributed by atoms with E-state index in [0.717, 1.165) is 5.56 Å². The maximum Gasteiger partial charge on any atom is 0.305 e. The minimum atomic E-state index is -0.348. The van der Waals surface area contributed by atoms with Gasteiger partial charge in [-0.05, 0) is 19.4 Å². The maximum atomic E-state index is 11.0. The van der Waals surface area contributed by atoms with E-state index in [4.69, 9.17) is 5.73 Å². The number of benzene rings is 1. The highest BCUT2D eigenvalue weighted by molar-refractivity contribution is 5.69. The van der Waals surface area contributed by atoms with Crippen molar-refractivity contribution in [3.05, 3.63) is 29.3 Å². The summed E-state index contributed by atoms with van der Waals surface area (Å²) in [4.78, 5) is 11.0. The molecule has 1 unspecified atom stereocenters. The Bertz CT molecular complexity index is 377. The third-order valence-electron chi connectivity index (χ3n) is 2.47. The maximum absolute atomic E-state index is 11.0. The lowest BCUT2D eigenvalue weighted by atomic mass is 10.00. The predicted octanol–water partition coefficient (Wildman–Crippen LogP) is 1.65. The van der Waals surface area contributed by atoms with Crippen molar-refractivity contribution in [1.82, 2.24) is 0 Å². The van der Waals surface area contributed by atoms with Crippen LogP contribution in [0.3, 0.4) is 0 Å². The highest BCUT2D eigenvalue weighted by atomic mass is 16.5. The number of phenolic OH excluding ortho intramolecular Hbond substituents is 1. The van der Waals surface area contributed by atoms with E-state index >= 15 is 0 Å². The molecule has 0 aromatic heterocycles. The summed E-state index contributed by atoms with van der Waals surface area (Å²) in [5, 5.41) is 9.63. The summed E-state index contributed by atoms with van der Waals surface area (Å²) in [7, 11) is 1.35. The zero-order chi connectivity index (χ0) is 12.1. The van der Waals surface area contributed by atoms with Crippen LogP contribution in [-0.2, 0) is 9.53 Å². The van der Waals surface area contributed by atoms with E-state index in [1.165, 1.54) is 7.11 Å². The van der Waals surface area contributed by atoms with Crippen LogP contribution >= 0.6 is 0 Å². The lowest BCUT2D eigenvalue weighted by Crippen LogP contribution is -2.13. The summed E-state index contributed by atoms with van der Waals surface area (Å²) in [5.41, 5.74) is 7.60. The SMILES string of the molecule is COC(=O)CCC(N)c1cc(C)ccc1O. The molecule has 16 heavy (non-hydrogen) atoms. The standard InChI is InChI=1S/C12H17NO3/c1-8-3-5-11(14)9(7-8)10(13)4-6-12(15)16-2/h3,5,7,10,14H,4,6,13H2,1-2H3.